The number of rotatable bonds is 6. The monoisotopic (exact) mass is 264 g/mol. The Balaban J connectivity index is 1.88. The van der Waals surface area contributed by atoms with Gasteiger partial charge in [0.2, 0.25) is 5.89 Å². The van der Waals surface area contributed by atoms with E-state index in [9.17, 15) is 4.39 Å². The Morgan fingerprint density at radius 1 is 1.21 bits per heavy atom. The highest BCUT2D eigenvalue weighted by molar-refractivity contribution is 5.23. The van der Waals surface area contributed by atoms with Gasteiger partial charge in [-0.1, -0.05) is 26.0 Å². The summed E-state index contributed by atoms with van der Waals surface area (Å²) in [5, 5.41) is 7.81. The molecule has 4 nitrogen and oxygen atoms in total. The number of halogens is 1. The van der Waals surface area contributed by atoms with Gasteiger partial charge in [0.1, 0.15) is 0 Å². The van der Waals surface area contributed by atoms with Crippen molar-refractivity contribution in [1.82, 2.24) is 10.2 Å². The number of nitrogens with zero attached hydrogens (tertiary/aromatic N) is 2. The smallest absolute Gasteiger partial charge is 0.253 e. The van der Waals surface area contributed by atoms with Gasteiger partial charge in [-0.2, -0.15) is 0 Å². The molecule has 1 aromatic carbocycles. The van der Waals surface area contributed by atoms with Gasteiger partial charge in [0.25, 0.3) is 5.89 Å². The third-order valence-electron chi connectivity index (χ3n) is 2.63. The van der Waals surface area contributed by atoms with E-state index in [4.69, 9.17) is 9.15 Å². The van der Waals surface area contributed by atoms with Gasteiger partial charge in [0, 0.05) is 6.42 Å². The van der Waals surface area contributed by atoms with E-state index < -0.39 is 5.82 Å². The van der Waals surface area contributed by atoms with Crippen molar-refractivity contribution >= 4 is 0 Å². The van der Waals surface area contributed by atoms with E-state index in [0.29, 0.717) is 17.7 Å². The van der Waals surface area contributed by atoms with Crippen molar-refractivity contribution in [3.05, 3.63) is 41.9 Å². The molecule has 0 aliphatic rings. The highest BCUT2D eigenvalue weighted by Gasteiger charge is 2.09. The molecule has 1 heterocycles. The molecule has 2 aromatic rings. The molecule has 0 aliphatic heterocycles. The van der Waals surface area contributed by atoms with Gasteiger partial charge >= 0.3 is 0 Å². The maximum atomic E-state index is 13.3. The highest BCUT2D eigenvalue weighted by atomic mass is 19.1. The first-order chi connectivity index (χ1) is 9.15. The van der Waals surface area contributed by atoms with Crippen LogP contribution in [0.5, 0.6) is 5.75 Å². The zero-order chi connectivity index (χ0) is 13.7. The van der Waals surface area contributed by atoms with Gasteiger partial charge in [0.05, 0.1) is 0 Å². The maximum absolute atomic E-state index is 13.3. The molecule has 0 bridgehead atoms. The van der Waals surface area contributed by atoms with E-state index in [2.05, 4.69) is 24.0 Å². The third kappa shape index (κ3) is 4.05. The number of hydrogen-bond acceptors (Lipinski definition) is 4. The Bertz CT molecular complexity index is 526. The lowest BCUT2D eigenvalue weighted by atomic mass is 10.1. The first-order valence-corrected chi connectivity index (χ1v) is 6.33. The normalized spacial score (nSPS) is 10.9. The summed E-state index contributed by atoms with van der Waals surface area (Å²) in [4.78, 5) is 0. The van der Waals surface area contributed by atoms with Crippen LogP contribution in [0.3, 0.4) is 0 Å². The van der Waals surface area contributed by atoms with Crippen molar-refractivity contribution in [3.63, 3.8) is 0 Å². The lowest BCUT2D eigenvalue weighted by molar-refractivity contribution is 0.248. The molecule has 0 amide bonds. The Labute approximate surface area is 111 Å². The number of hydrogen-bond donors (Lipinski definition) is 0. The minimum atomic E-state index is -0.401. The molecule has 0 radical (unpaired) electrons. The average Bonchev–Trinajstić information content (AvgIpc) is 2.83. The second-order valence-corrected chi connectivity index (χ2v) is 4.74. The fourth-order valence-corrected chi connectivity index (χ4v) is 1.56. The predicted octanol–water partition coefficient (Wildman–Crippen LogP) is 3.38. The topological polar surface area (TPSA) is 48.2 Å². The zero-order valence-electron chi connectivity index (χ0n) is 11.1. The van der Waals surface area contributed by atoms with Gasteiger partial charge in [-0.25, -0.2) is 4.39 Å². The summed E-state index contributed by atoms with van der Waals surface area (Å²) in [5.74, 6) is 1.33. The summed E-state index contributed by atoms with van der Waals surface area (Å²) in [6, 6.07) is 6.22. The number of para-hydroxylation sites is 1. The van der Waals surface area contributed by atoms with Gasteiger partial charge in [-0.3, -0.25) is 0 Å². The van der Waals surface area contributed by atoms with Crippen molar-refractivity contribution in [2.45, 2.75) is 33.3 Å². The summed E-state index contributed by atoms with van der Waals surface area (Å²) in [6.45, 7) is 4.35. The summed E-state index contributed by atoms with van der Waals surface area (Å²) >= 11 is 0. The van der Waals surface area contributed by atoms with E-state index in [0.717, 1.165) is 12.8 Å². The Morgan fingerprint density at radius 3 is 2.68 bits per heavy atom. The summed E-state index contributed by atoms with van der Waals surface area (Å²) in [6.07, 6.45) is 1.75. The maximum Gasteiger partial charge on any atom is 0.253 e. The second kappa shape index (κ2) is 6.31. The summed E-state index contributed by atoms with van der Waals surface area (Å²) < 4.78 is 24.0. The van der Waals surface area contributed by atoms with Crippen LogP contribution < -0.4 is 4.74 Å². The van der Waals surface area contributed by atoms with Crippen molar-refractivity contribution in [2.24, 2.45) is 5.92 Å². The largest absolute Gasteiger partial charge is 0.481 e. The van der Waals surface area contributed by atoms with Crippen LogP contribution in [0, 0.1) is 11.7 Å². The van der Waals surface area contributed by atoms with Crippen molar-refractivity contribution in [3.8, 4) is 5.75 Å². The molecule has 1 aromatic heterocycles. The highest BCUT2D eigenvalue weighted by Crippen LogP contribution is 2.17. The molecule has 2 rings (SSSR count). The lowest BCUT2D eigenvalue weighted by Crippen LogP contribution is -1.97. The Kier molecular flexibility index (Phi) is 4.49. The molecule has 0 N–H and O–H groups in total. The minimum absolute atomic E-state index is 0.0790. The number of benzene rings is 1. The number of ether oxygens (including phenoxy) is 1. The van der Waals surface area contributed by atoms with Gasteiger partial charge in [-0.05, 0) is 24.5 Å². The second-order valence-electron chi connectivity index (χ2n) is 4.74. The Morgan fingerprint density at radius 2 is 1.95 bits per heavy atom. The molecule has 19 heavy (non-hydrogen) atoms. The SMILES string of the molecule is CC(C)CCc1nnc(COc2ccccc2F)o1. The number of aryl methyl sites for hydroxylation is 1. The van der Waals surface area contributed by atoms with Crippen LogP contribution in [-0.4, -0.2) is 10.2 Å². The van der Waals surface area contributed by atoms with Crippen LogP contribution in [0.2, 0.25) is 0 Å². The first kappa shape index (κ1) is 13.5. The average molecular weight is 264 g/mol. The molecule has 0 saturated carbocycles. The lowest BCUT2D eigenvalue weighted by Gasteiger charge is -2.03. The van der Waals surface area contributed by atoms with Crippen LogP contribution in [0.25, 0.3) is 0 Å². The molecule has 0 aliphatic carbocycles. The van der Waals surface area contributed by atoms with Crippen molar-refractivity contribution in [1.29, 1.82) is 0 Å². The minimum Gasteiger partial charge on any atom is -0.481 e. The molecular formula is C14H17FN2O2. The van der Waals surface area contributed by atoms with Crippen LogP contribution in [-0.2, 0) is 13.0 Å². The van der Waals surface area contributed by atoms with E-state index >= 15 is 0 Å². The molecule has 0 spiro atoms. The molecule has 0 saturated heterocycles. The zero-order valence-corrected chi connectivity index (χ0v) is 11.1. The fourth-order valence-electron chi connectivity index (χ4n) is 1.56. The Hall–Kier alpha value is -1.91. The molecule has 5 heteroatoms. The van der Waals surface area contributed by atoms with Gasteiger partial charge < -0.3 is 9.15 Å². The van der Waals surface area contributed by atoms with Crippen LogP contribution in [0.1, 0.15) is 32.0 Å². The number of aromatic nitrogens is 2. The first-order valence-electron chi connectivity index (χ1n) is 6.33. The fraction of sp³-hybridized carbons (Fsp3) is 0.429. The molecule has 0 unspecified atom stereocenters. The summed E-state index contributed by atoms with van der Waals surface area (Å²) in [7, 11) is 0. The summed E-state index contributed by atoms with van der Waals surface area (Å²) in [5.41, 5.74) is 0. The van der Waals surface area contributed by atoms with E-state index in [-0.39, 0.29) is 12.4 Å². The van der Waals surface area contributed by atoms with Crippen LogP contribution in [0.15, 0.2) is 28.7 Å². The van der Waals surface area contributed by atoms with Crippen molar-refractivity contribution in [2.75, 3.05) is 0 Å². The molecular weight excluding hydrogens is 247 g/mol. The van der Waals surface area contributed by atoms with E-state index in [1.54, 1.807) is 18.2 Å². The molecule has 0 atom stereocenters. The van der Waals surface area contributed by atoms with E-state index in [1.165, 1.54) is 6.07 Å². The van der Waals surface area contributed by atoms with Crippen LogP contribution >= 0.6 is 0 Å². The molecule has 102 valence electrons. The van der Waals surface area contributed by atoms with Crippen LogP contribution in [0.4, 0.5) is 4.39 Å². The molecule has 0 fully saturated rings. The third-order valence-corrected chi connectivity index (χ3v) is 2.63. The quantitative estimate of drug-likeness (QED) is 0.802. The van der Waals surface area contributed by atoms with E-state index in [1.807, 2.05) is 0 Å². The van der Waals surface area contributed by atoms with Gasteiger partial charge in [-0.15, -0.1) is 10.2 Å². The predicted molar refractivity (Wildman–Crippen MR) is 68.2 cm³/mol. The van der Waals surface area contributed by atoms with Crippen molar-refractivity contribution < 1.29 is 13.5 Å². The standard InChI is InChI=1S/C14H17FN2O2/c1-10(2)7-8-13-16-17-14(19-13)9-18-12-6-4-3-5-11(12)15/h3-6,10H,7-9H2,1-2H3. The van der Waals surface area contributed by atoms with Gasteiger partial charge in [0.15, 0.2) is 18.2 Å².